The smallest absolute Gasteiger partial charge is 0.338 e. The standard InChI is InChI=1S/C30H26ClFN4O6S/c1-5-40-19-10-8-18(9-11-19)25-24(28(38)41-6-2)16(3)34-30-36(25)27(37)23(43-30)14-17-7-12-21(39-4)22(13-17)42-26-20(32)15-33-29(31)35-26/h7-15,25H,5-6H2,1-4H3/b23-14-. The molecule has 1 atom stereocenters. The number of thiazole rings is 1. The summed E-state index contributed by atoms with van der Waals surface area (Å²) < 4.78 is 38.1. The van der Waals surface area contributed by atoms with Crippen molar-refractivity contribution in [3.63, 3.8) is 0 Å². The number of benzene rings is 2. The maximum atomic E-state index is 14.3. The summed E-state index contributed by atoms with van der Waals surface area (Å²) in [6, 6.07) is 11.3. The highest BCUT2D eigenvalue weighted by molar-refractivity contribution is 7.07. The van der Waals surface area contributed by atoms with Gasteiger partial charge in [0.25, 0.3) is 11.4 Å². The fourth-order valence-electron chi connectivity index (χ4n) is 4.54. The van der Waals surface area contributed by atoms with Crippen molar-refractivity contribution in [3.05, 3.63) is 102 Å². The molecular weight excluding hydrogens is 599 g/mol. The molecule has 2 aromatic heterocycles. The molecule has 0 amide bonds. The first kappa shape index (κ1) is 29.9. The van der Waals surface area contributed by atoms with Gasteiger partial charge in [0, 0.05) is 0 Å². The number of halogens is 2. The van der Waals surface area contributed by atoms with E-state index in [4.69, 9.17) is 30.5 Å². The van der Waals surface area contributed by atoms with Gasteiger partial charge in [-0.2, -0.15) is 9.37 Å². The number of hydrogen-bond donors (Lipinski definition) is 0. The van der Waals surface area contributed by atoms with Crippen LogP contribution in [0.1, 0.15) is 37.9 Å². The molecule has 0 bridgehead atoms. The lowest BCUT2D eigenvalue weighted by Gasteiger charge is -2.24. The zero-order chi connectivity index (χ0) is 30.7. The van der Waals surface area contributed by atoms with Gasteiger partial charge in [-0.1, -0.05) is 29.5 Å². The summed E-state index contributed by atoms with van der Waals surface area (Å²) in [5.74, 6) is -0.632. The van der Waals surface area contributed by atoms with E-state index >= 15 is 0 Å². The van der Waals surface area contributed by atoms with Crippen molar-refractivity contribution in [1.82, 2.24) is 14.5 Å². The van der Waals surface area contributed by atoms with Crippen LogP contribution in [0.25, 0.3) is 6.08 Å². The SMILES string of the molecule is CCOC(=O)C1=C(C)N=c2s/c(=C\c3ccc(OC)c(Oc4nc(Cl)ncc4F)c3)c(=O)n2C1c1ccc(OCC)cc1. The molecule has 5 rings (SSSR count). The van der Waals surface area contributed by atoms with E-state index < -0.39 is 17.8 Å². The number of rotatable bonds is 9. The third-order valence-corrected chi connectivity index (χ3v) is 7.56. The number of esters is 1. The molecule has 0 fully saturated rings. The van der Waals surface area contributed by atoms with Gasteiger partial charge in [-0.15, -0.1) is 0 Å². The summed E-state index contributed by atoms with van der Waals surface area (Å²) in [6.45, 7) is 6.00. The second-order valence-electron chi connectivity index (χ2n) is 9.11. The van der Waals surface area contributed by atoms with Crippen LogP contribution in [0.15, 0.2) is 69.7 Å². The van der Waals surface area contributed by atoms with E-state index in [0.29, 0.717) is 44.3 Å². The van der Waals surface area contributed by atoms with Crippen molar-refractivity contribution in [2.24, 2.45) is 4.99 Å². The number of allylic oxidation sites excluding steroid dienone is 1. The predicted octanol–water partition coefficient (Wildman–Crippen LogP) is 4.58. The average Bonchev–Trinajstić information content (AvgIpc) is 3.29. The Morgan fingerprint density at radius 3 is 2.60 bits per heavy atom. The molecule has 0 N–H and O–H groups in total. The lowest BCUT2D eigenvalue weighted by molar-refractivity contribution is -0.139. The Balaban J connectivity index is 1.62. The summed E-state index contributed by atoms with van der Waals surface area (Å²) in [6.07, 6.45) is 2.55. The highest BCUT2D eigenvalue weighted by Gasteiger charge is 2.33. The van der Waals surface area contributed by atoms with Crippen molar-refractivity contribution in [2.75, 3.05) is 20.3 Å². The lowest BCUT2D eigenvalue weighted by Crippen LogP contribution is -2.39. The van der Waals surface area contributed by atoms with Crippen LogP contribution in [-0.2, 0) is 9.53 Å². The molecule has 0 saturated heterocycles. The van der Waals surface area contributed by atoms with E-state index in [1.54, 1.807) is 50.3 Å². The monoisotopic (exact) mass is 624 g/mol. The van der Waals surface area contributed by atoms with Gasteiger partial charge in [0.05, 0.1) is 48.4 Å². The predicted molar refractivity (Wildman–Crippen MR) is 158 cm³/mol. The second-order valence-corrected chi connectivity index (χ2v) is 10.5. The molecule has 1 aliphatic heterocycles. The molecule has 43 heavy (non-hydrogen) atoms. The van der Waals surface area contributed by atoms with Gasteiger partial charge < -0.3 is 18.9 Å². The summed E-state index contributed by atoms with van der Waals surface area (Å²) in [5, 5.41) is -0.188. The number of carbonyl (C=O) groups is 1. The number of aromatic nitrogens is 3. The maximum absolute atomic E-state index is 14.3. The minimum Gasteiger partial charge on any atom is -0.494 e. The topological polar surface area (TPSA) is 114 Å². The Morgan fingerprint density at radius 1 is 1.14 bits per heavy atom. The van der Waals surface area contributed by atoms with Crippen molar-refractivity contribution in [3.8, 4) is 23.1 Å². The van der Waals surface area contributed by atoms with E-state index in [2.05, 4.69) is 15.0 Å². The van der Waals surface area contributed by atoms with Crippen LogP contribution in [0.3, 0.4) is 0 Å². The van der Waals surface area contributed by atoms with Crippen LogP contribution >= 0.6 is 22.9 Å². The molecule has 0 spiro atoms. The van der Waals surface area contributed by atoms with Crippen LogP contribution in [0.5, 0.6) is 23.1 Å². The number of methoxy groups -OCH3 is 1. The van der Waals surface area contributed by atoms with Gasteiger partial charge in [0.1, 0.15) is 5.75 Å². The van der Waals surface area contributed by atoms with E-state index in [-0.39, 0.29) is 34.7 Å². The molecule has 2 aromatic carbocycles. The van der Waals surface area contributed by atoms with Crippen LogP contribution in [-0.4, -0.2) is 40.8 Å². The quantitative estimate of drug-likeness (QED) is 0.196. The van der Waals surface area contributed by atoms with Gasteiger partial charge in [-0.3, -0.25) is 9.36 Å². The Hall–Kier alpha value is -4.55. The highest BCUT2D eigenvalue weighted by Crippen LogP contribution is 2.34. The molecule has 10 nitrogen and oxygen atoms in total. The summed E-state index contributed by atoms with van der Waals surface area (Å²) in [5.41, 5.74) is 1.62. The molecule has 0 aliphatic carbocycles. The minimum absolute atomic E-state index is 0.144. The Bertz CT molecular complexity index is 1910. The van der Waals surface area contributed by atoms with E-state index in [9.17, 15) is 14.0 Å². The molecule has 1 aliphatic rings. The molecule has 3 heterocycles. The molecule has 4 aromatic rings. The van der Waals surface area contributed by atoms with E-state index in [0.717, 1.165) is 6.20 Å². The fraction of sp³-hybridized carbons (Fsp3) is 0.233. The first-order valence-corrected chi connectivity index (χ1v) is 14.4. The van der Waals surface area contributed by atoms with Crippen LogP contribution < -0.4 is 29.1 Å². The second kappa shape index (κ2) is 12.8. The molecule has 0 radical (unpaired) electrons. The van der Waals surface area contributed by atoms with E-state index in [1.165, 1.54) is 23.0 Å². The molecule has 222 valence electrons. The third-order valence-electron chi connectivity index (χ3n) is 6.40. The molecule has 0 saturated carbocycles. The normalized spacial score (nSPS) is 14.7. The Labute approximate surface area is 254 Å². The first-order valence-electron chi connectivity index (χ1n) is 13.2. The van der Waals surface area contributed by atoms with Gasteiger partial charge in [0.2, 0.25) is 11.1 Å². The molecule has 1 unspecified atom stereocenters. The van der Waals surface area contributed by atoms with Crippen molar-refractivity contribution < 1.29 is 28.1 Å². The molecular formula is C30H26ClFN4O6S. The summed E-state index contributed by atoms with van der Waals surface area (Å²) >= 11 is 6.98. The van der Waals surface area contributed by atoms with Gasteiger partial charge in [0.15, 0.2) is 16.3 Å². The number of carbonyl (C=O) groups excluding carboxylic acids is 1. The van der Waals surface area contributed by atoms with Gasteiger partial charge in [-0.25, -0.2) is 14.8 Å². The van der Waals surface area contributed by atoms with Crippen LogP contribution in [0.4, 0.5) is 4.39 Å². The molecule has 13 heteroatoms. The fourth-order valence-corrected chi connectivity index (χ4v) is 5.71. The van der Waals surface area contributed by atoms with Gasteiger partial charge >= 0.3 is 5.97 Å². The maximum Gasteiger partial charge on any atom is 0.338 e. The zero-order valence-corrected chi connectivity index (χ0v) is 25.2. The number of nitrogens with zero attached hydrogens (tertiary/aromatic N) is 4. The lowest BCUT2D eigenvalue weighted by atomic mass is 9.96. The summed E-state index contributed by atoms with van der Waals surface area (Å²) in [4.78, 5) is 39.4. The first-order chi connectivity index (χ1) is 20.7. The Morgan fingerprint density at radius 2 is 1.91 bits per heavy atom. The van der Waals surface area contributed by atoms with Gasteiger partial charge in [-0.05, 0) is 73.8 Å². The summed E-state index contributed by atoms with van der Waals surface area (Å²) in [7, 11) is 1.44. The largest absolute Gasteiger partial charge is 0.494 e. The van der Waals surface area contributed by atoms with E-state index in [1.807, 2.05) is 19.1 Å². The Kier molecular flexibility index (Phi) is 8.88. The van der Waals surface area contributed by atoms with Crippen molar-refractivity contribution in [1.29, 1.82) is 0 Å². The van der Waals surface area contributed by atoms with Crippen molar-refractivity contribution >= 4 is 35.0 Å². The van der Waals surface area contributed by atoms with Crippen molar-refractivity contribution in [2.45, 2.75) is 26.8 Å². The highest BCUT2D eigenvalue weighted by atomic mass is 35.5. The number of fused-ring (bicyclic) bond motifs is 1. The average molecular weight is 625 g/mol. The zero-order valence-electron chi connectivity index (χ0n) is 23.6. The number of ether oxygens (including phenoxy) is 4. The minimum atomic E-state index is -0.813. The van der Waals surface area contributed by atoms with Crippen LogP contribution in [0.2, 0.25) is 5.28 Å². The van der Waals surface area contributed by atoms with Crippen LogP contribution in [0, 0.1) is 5.82 Å². The number of hydrogen-bond acceptors (Lipinski definition) is 10. The third kappa shape index (κ3) is 6.15.